The summed E-state index contributed by atoms with van der Waals surface area (Å²) in [6, 6.07) is 12.2. The van der Waals surface area contributed by atoms with Crippen LogP contribution in [0, 0.1) is 0 Å². The molecule has 0 saturated carbocycles. The number of nitrogens with zero attached hydrogens (tertiary/aromatic N) is 4. The Balaban J connectivity index is 1.44. The molecule has 1 aliphatic heterocycles. The van der Waals surface area contributed by atoms with Crippen molar-refractivity contribution < 1.29 is 4.79 Å². The highest BCUT2D eigenvalue weighted by Gasteiger charge is 2.24. The quantitative estimate of drug-likeness (QED) is 0.739. The van der Waals surface area contributed by atoms with Crippen LogP contribution in [-0.4, -0.2) is 51.4 Å². The van der Waals surface area contributed by atoms with Gasteiger partial charge in [-0.15, -0.1) is 0 Å². The summed E-state index contributed by atoms with van der Waals surface area (Å²) in [5, 5.41) is 1.04. The van der Waals surface area contributed by atoms with Gasteiger partial charge in [0, 0.05) is 69.3 Å². The molecule has 1 saturated heterocycles. The number of aryl methyl sites for hydroxylation is 1. The topological polar surface area (TPSA) is 41.4 Å². The second kappa shape index (κ2) is 6.69. The first-order chi connectivity index (χ1) is 12.2. The highest BCUT2D eigenvalue weighted by Crippen LogP contribution is 2.22. The van der Waals surface area contributed by atoms with E-state index in [0.717, 1.165) is 49.2 Å². The maximum atomic E-state index is 13.0. The standard InChI is InChI=1S/C20H22N4O/c1-22-15-18(17-4-2-3-5-19(17)22)20(25)24-12-10-23(11-13-24)14-16-6-8-21-9-7-16/h2-9,15H,10-14H2,1H3. The van der Waals surface area contributed by atoms with E-state index in [1.165, 1.54) is 5.56 Å². The SMILES string of the molecule is Cn1cc(C(=O)N2CCN(Cc3ccncc3)CC2)c2ccccc21. The lowest BCUT2D eigenvalue weighted by Crippen LogP contribution is -2.48. The molecular formula is C20H22N4O. The fraction of sp³-hybridized carbons (Fsp3) is 0.300. The number of para-hydroxylation sites is 1. The Morgan fingerprint density at radius 1 is 1.04 bits per heavy atom. The van der Waals surface area contributed by atoms with E-state index in [-0.39, 0.29) is 5.91 Å². The van der Waals surface area contributed by atoms with Gasteiger partial charge in [-0.1, -0.05) is 18.2 Å². The second-order valence-corrected chi connectivity index (χ2v) is 6.59. The molecular weight excluding hydrogens is 312 g/mol. The van der Waals surface area contributed by atoms with Crippen molar-refractivity contribution >= 4 is 16.8 Å². The summed E-state index contributed by atoms with van der Waals surface area (Å²) in [7, 11) is 1.99. The molecule has 0 unspecified atom stereocenters. The third-order valence-electron chi connectivity index (χ3n) is 4.94. The number of aromatic nitrogens is 2. The average molecular weight is 334 g/mol. The second-order valence-electron chi connectivity index (χ2n) is 6.59. The Labute approximate surface area is 147 Å². The van der Waals surface area contributed by atoms with E-state index >= 15 is 0 Å². The van der Waals surface area contributed by atoms with E-state index in [2.05, 4.69) is 16.0 Å². The molecule has 5 heteroatoms. The molecule has 0 spiro atoms. The van der Waals surface area contributed by atoms with E-state index in [1.54, 1.807) is 0 Å². The van der Waals surface area contributed by atoms with Crippen molar-refractivity contribution in [3.63, 3.8) is 0 Å². The minimum atomic E-state index is 0.139. The number of benzene rings is 1. The van der Waals surface area contributed by atoms with E-state index in [4.69, 9.17) is 0 Å². The highest BCUT2D eigenvalue weighted by atomic mass is 16.2. The van der Waals surface area contributed by atoms with Crippen LogP contribution in [0.15, 0.2) is 55.0 Å². The Bertz CT molecular complexity index is 879. The van der Waals surface area contributed by atoms with Crippen molar-refractivity contribution in [1.29, 1.82) is 0 Å². The summed E-state index contributed by atoms with van der Waals surface area (Å²) in [5.74, 6) is 0.139. The predicted octanol–water partition coefficient (Wildman–Crippen LogP) is 2.53. The molecule has 2 aromatic heterocycles. The Hall–Kier alpha value is -2.66. The lowest BCUT2D eigenvalue weighted by molar-refractivity contribution is 0.0630. The number of amides is 1. The zero-order valence-corrected chi connectivity index (χ0v) is 14.4. The Morgan fingerprint density at radius 3 is 2.52 bits per heavy atom. The van der Waals surface area contributed by atoms with Crippen LogP contribution in [0.5, 0.6) is 0 Å². The molecule has 5 nitrogen and oxygen atoms in total. The lowest BCUT2D eigenvalue weighted by atomic mass is 10.1. The summed E-state index contributed by atoms with van der Waals surface area (Å²) in [6.45, 7) is 4.26. The van der Waals surface area contributed by atoms with Crippen LogP contribution < -0.4 is 0 Å². The number of piperazine rings is 1. The van der Waals surface area contributed by atoms with Crippen molar-refractivity contribution in [1.82, 2.24) is 19.4 Å². The van der Waals surface area contributed by atoms with Crippen molar-refractivity contribution in [3.8, 4) is 0 Å². The molecule has 25 heavy (non-hydrogen) atoms. The van der Waals surface area contributed by atoms with E-state index in [9.17, 15) is 4.79 Å². The normalized spacial score (nSPS) is 15.6. The van der Waals surface area contributed by atoms with Crippen LogP contribution in [-0.2, 0) is 13.6 Å². The van der Waals surface area contributed by atoms with Gasteiger partial charge in [-0.2, -0.15) is 0 Å². The smallest absolute Gasteiger partial charge is 0.256 e. The molecule has 3 aromatic rings. The Morgan fingerprint density at radius 2 is 1.76 bits per heavy atom. The zero-order chi connectivity index (χ0) is 17.2. The van der Waals surface area contributed by atoms with Crippen LogP contribution in [0.25, 0.3) is 10.9 Å². The lowest BCUT2D eigenvalue weighted by Gasteiger charge is -2.34. The fourth-order valence-corrected chi connectivity index (χ4v) is 3.54. The summed E-state index contributed by atoms with van der Waals surface area (Å²) in [4.78, 5) is 21.4. The van der Waals surface area contributed by atoms with E-state index in [1.807, 2.05) is 65.4 Å². The van der Waals surface area contributed by atoms with E-state index < -0.39 is 0 Å². The van der Waals surface area contributed by atoms with Gasteiger partial charge >= 0.3 is 0 Å². The molecule has 0 radical (unpaired) electrons. The molecule has 1 aromatic carbocycles. The van der Waals surface area contributed by atoms with Gasteiger partial charge in [-0.25, -0.2) is 0 Å². The molecule has 128 valence electrons. The minimum absolute atomic E-state index is 0.139. The molecule has 1 fully saturated rings. The van der Waals surface area contributed by atoms with Crippen LogP contribution in [0.2, 0.25) is 0 Å². The Kier molecular flexibility index (Phi) is 4.24. The summed E-state index contributed by atoms with van der Waals surface area (Å²) < 4.78 is 2.03. The number of rotatable bonds is 3. The first-order valence-electron chi connectivity index (χ1n) is 8.67. The third kappa shape index (κ3) is 3.15. The van der Waals surface area contributed by atoms with Crippen LogP contribution in [0.3, 0.4) is 0 Å². The number of hydrogen-bond donors (Lipinski definition) is 0. The fourth-order valence-electron chi connectivity index (χ4n) is 3.54. The van der Waals surface area contributed by atoms with Crippen LogP contribution in [0.1, 0.15) is 15.9 Å². The van der Waals surface area contributed by atoms with Crippen LogP contribution >= 0.6 is 0 Å². The monoisotopic (exact) mass is 334 g/mol. The van der Waals surface area contributed by atoms with Crippen molar-refractivity contribution in [3.05, 3.63) is 66.1 Å². The molecule has 0 N–H and O–H groups in total. The van der Waals surface area contributed by atoms with Crippen LogP contribution in [0.4, 0.5) is 0 Å². The first-order valence-corrected chi connectivity index (χ1v) is 8.67. The van der Waals surface area contributed by atoms with Gasteiger partial charge in [0.2, 0.25) is 0 Å². The minimum Gasteiger partial charge on any atom is -0.350 e. The average Bonchev–Trinajstić information content (AvgIpc) is 3.00. The molecule has 0 atom stereocenters. The number of fused-ring (bicyclic) bond motifs is 1. The van der Waals surface area contributed by atoms with Gasteiger partial charge in [-0.3, -0.25) is 14.7 Å². The zero-order valence-electron chi connectivity index (χ0n) is 14.4. The van der Waals surface area contributed by atoms with Crippen molar-refractivity contribution in [2.75, 3.05) is 26.2 Å². The van der Waals surface area contributed by atoms with Gasteiger partial charge in [0.1, 0.15) is 0 Å². The summed E-state index contributed by atoms with van der Waals surface area (Å²) >= 11 is 0. The van der Waals surface area contributed by atoms with Crippen molar-refractivity contribution in [2.24, 2.45) is 7.05 Å². The highest BCUT2D eigenvalue weighted by molar-refractivity contribution is 6.07. The van der Waals surface area contributed by atoms with Gasteiger partial charge < -0.3 is 9.47 Å². The first kappa shape index (κ1) is 15.8. The van der Waals surface area contributed by atoms with Gasteiger partial charge in [0.15, 0.2) is 0 Å². The summed E-state index contributed by atoms with van der Waals surface area (Å²) in [6.07, 6.45) is 5.61. The number of hydrogen-bond acceptors (Lipinski definition) is 3. The van der Waals surface area contributed by atoms with Crippen molar-refractivity contribution in [2.45, 2.75) is 6.54 Å². The molecule has 3 heterocycles. The van der Waals surface area contributed by atoms with Gasteiger partial charge in [-0.05, 0) is 23.8 Å². The maximum absolute atomic E-state index is 13.0. The maximum Gasteiger partial charge on any atom is 0.256 e. The van der Waals surface area contributed by atoms with Gasteiger partial charge in [0.05, 0.1) is 5.56 Å². The molecule has 1 aliphatic rings. The van der Waals surface area contributed by atoms with E-state index in [0.29, 0.717) is 0 Å². The predicted molar refractivity (Wildman–Crippen MR) is 98.3 cm³/mol. The summed E-state index contributed by atoms with van der Waals surface area (Å²) in [5.41, 5.74) is 3.17. The number of carbonyl (C=O) groups excluding carboxylic acids is 1. The third-order valence-corrected chi connectivity index (χ3v) is 4.94. The number of carbonyl (C=O) groups is 1. The molecule has 0 bridgehead atoms. The van der Waals surface area contributed by atoms with Gasteiger partial charge in [0.25, 0.3) is 5.91 Å². The number of pyridine rings is 1. The molecule has 1 amide bonds. The molecule has 4 rings (SSSR count). The molecule has 0 aliphatic carbocycles. The largest absolute Gasteiger partial charge is 0.350 e.